The lowest BCUT2D eigenvalue weighted by Gasteiger charge is -2.16. The van der Waals surface area contributed by atoms with E-state index in [1.54, 1.807) is 4.40 Å². The molecule has 0 bridgehead atoms. The van der Waals surface area contributed by atoms with Crippen LogP contribution in [-0.4, -0.2) is 32.7 Å². The largest absolute Gasteiger partial charge is 0.464 e. The number of esters is 1. The lowest BCUT2D eigenvalue weighted by Crippen LogP contribution is -2.16. The number of rotatable bonds is 1. The van der Waals surface area contributed by atoms with Crippen LogP contribution in [0.4, 0.5) is 5.95 Å². The zero-order valence-electron chi connectivity index (χ0n) is 14.3. The van der Waals surface area contributed by atoms with Gasteiger partial charge in [-0.25, -0.2) is 14.2 Å². The lowest BCUT2D eigenvalue weighted by molar-refractivity contribution is 0.0592. The number of aryl methyl sites for hydroxylation is 1. The first-order valence-electron chi connectivity index (χ1n) is 8.83. The summed E-state index contributed by atoms with van der Waals surface area (Å²) in [6, 6.07) is 0. The second-order valence-corrected chi connectivity index (χ2v) is 6.40. The van der Waals surface area contributed by atoms with Crippen LogP contribution in [0, 0.1) is 0 Å². The molecule has 0 saturated carbocycles. The van der Waals surface area contributed by atoms with Crippen molar-refractivity contribution in [2.24, 2.45) is 0 Å². The van der Waals surface area contributed by atoms with E-state index < -0.39 is 5.97 Å². The van der Waals surface area contributed by atoms with Crippen LogP contribution in [0.5, 0.6) is 0 Å². The van der Waals surface area contributed by atoms with E-state index in [4.69, 9.17) is 10.5 Å². The number of nitrogen functional groups attached to an aromatic ring is 1. The Labute approximate surface area is 141 Å². The minimum Gasteiger partial charge on any atom is -0.464 e. The Kier molecular flexibility index (Phi) is 5.27. The van der Waals surface area contributed by atoms with Crippen molar-refractivity contribution in [3.05, 3.63) is 17.0 Å². The van der Waals surface area contributed by atoms with E-state index in [1.165, 1.54) is 39.2 Å². The topological polar surface area (TPSA) is 95.4 Å². The van der Waals surface area contributed by atoms with Crippen LogP contribution >= 0.6 is 0 Å². The first-order chi connectivity index (χ1) is 11.7. The minimum absolute atomic E-state index is 0.331. The van der Waals surface area contributed by atoms with Gasteiger partial charge in [-0.2, -0.15) is 0 Å². The fourth-order valence-electron chi connectivity index (χ4n) is 3.50. The van der Waals surface area contributed by atoms with Gasteiger partial charge in [0.25, 0.3) is 5.78 Å². The third-order valence-corrected chi connectivity index (χ3v) is 4.76. The minimum atomic E-state index is -0.414. The molecule has 0 saturated heterocycles. The zero-order valence-corrected chi connectivity index (χ0v) is 14.3. The summed E-state index contributed by atoms with van der Waals surface area (Å²) in [5, 5.41) is 7.94. The molecule has 0 amide bonds. The van der Waals surface area contributed by atoms with Gasteiger partial charge >= 0.3 is 5.97 Å². The van der Waals surface area contributed by atoms with E-state index in [0.29, 0.717) is 17.4 Å². The normalized spacial score (nSPS) is 16.9. The smallest absolute Gasteiger partial charge is 0.357 e. The summed E-state index contributed by atoms with van der Waals surface area (Å²) in [6.45, 7) is 0. The molecule has 2 aromatic rings. The molecule has 0 spiro atoms. The van der Waals surface area contributed by atoms with Gasteiger partial charge < -0.3 is 10.5 Å². The fraction of sp³-hybridized carbons (Fsp3) is 0.647. The van der Waals surface area contributed by atoms with E-state index in [1.807, 2.05) is 0 Å². The molecule has 0 aliphatic heterocycles. The second-order valence-electron chi connectivity index (χ2n) is 6.40. The Morgan fingerprint density at radius 1 is 1.00 bits per heavy atom. The average Bonchev–Trinajstić information content (AvgIpc) is 2.95. The molecule has 3 rings (SSSR count). The molecule has 130 valence electrons. The Morgan fingerprint density at radius 3 is 2.29 bits per heavy atom. The van der Waals surface area contributed by atoms with Gasteiger partial charge in [0.2, 0.25) is 5.95 Å². The van der Waals surface area contributed by atoms with Crippen molar-refractivity contribution in [1.82, 2.24) is 19.6 Å². The van der Waals surface area contributed by atoms with Crippen LogP contribution in [0.25, 0.3) is 5.78 Å². The maximum absolute atomic E-state index is 12.2. The number of carbonyl (C=O) groups excluding carboxylic acids is 1. The number of hydrogen-bond acceptors (Lipinski definition) is 6. The first-order valence-corrected chi connectivity index (χ1v) is 8.83. The Morgan fingerprint density at radius 2 is 1.62 bits per heavy atom. The van der Waals surface area contributed by atoms with Crippen molar-refractivity contribution in [3.63, 3.8) is 0 Å². The van der Waals surface area contributed by atoms with Crippen LogP contribution in [0.2, 0.25) is 0 Å². The van der Waals surface area contributed by atoms with E-state index in [0.717, 1.165) is 43.4 Å². The number of fused-ring (bicyclic) bond motifs is 3. The Balaban J connectivity index is 2.10. The molecular weight excluding hydrogens is 306 g/mol. The number of aromatic nitrogens is 4. The van der Waals surface area contributed by atoms with Gasteiger partial charge in [-0.3, -0.25) is 0 Å². The Hall–Kier alpha value is -2.18. The lowest BCUT2D eigenvalue weighted by atomic mass is 9.97. The molecule has 2 N–H and O–H groups in total. The third kappa shape index (κ3) is 3.34. The average molecular weight is 331 g/mol. The summed E-state index contributed by atoms with van der Waals surface area (Å²) < 4.78 is 6.74. The molecule has 0 aromatic carbocycles. The summed E-state index contributed by atoms with van der Waals surface area (Å²) >= 11 is 0. The van der Waals surface area contributed by atoms with Crippen molar-refractivity contribution in [3.8, 4) is 0 Å². The van der Waals surface area contributed by atoms with Crippen LogP contribution in [-0.2, 0) is 17.6 Å². The highest BCUT2D eigenvalue weighted by Crippen LogP contribution is 2.24. The van der Waals surface area contributed by atoms with Gasteiger partial charge in [-0.1, -0.05) is 38.5 Å². The molecule has 0 fully saturated rings. The maximum Gasteiger partial charge on any atom is 0.357 e. The second kappa shape index (κ2) is 7.59. The molecule has 0 radical (unpaired) electrons. The molecule has 7 nitrogen and oxygen atoms in total. The molecular formula is C17H25N5O2. The van der Waals surface area contributed by atoms with E-state index in [9.17, 15) is 4.79 Å². The van der Waals surface area contributed by atoms with Crippen molar-refractivity contribution < 1.29 is 9.53 Å². The molecule has 24 heavy (non-hydrogen) atoms. The van der Waals surface area contributed by atoms with Crippen molar-refractivity contribution >= 4 is 17.7 Å². The summed E-state index contributed by atoms with van der Waals surface area (Å²) in [6.07, 6.45) is 11.2. The van der Waals surface area contributed by atoms with Crippen LogP contribution in [0.1, 0.15) is 73.1 Å². The third-order valence-electron chi connectivity index (χ3n) is 4.76. The number of carbonyl (C=O) groups is 1. The predicted molar refractivity (Wildman–Crippen MR) is 90.9 cm³/mol. The molecule has 7 heteroatoms. The molecule has 2 aromatic heterocycles. The number of nitrogens with two attached hydrogens (primary N) is 1. The number of anilines is 1. The molecule has 0 unspecified atom stereocenters. The molecule has 1 aliphatic rings. The monoisotopic (exact) mass is 331 g/mol. The highest BCUT2D eigenvalue weighted by molar-refractivity contribution is 5.89. The van der Waals surface area contributed by atoms with Crippen LogP contribution < -0.4 is 5.73 Å². The van der Waals surface area contributed by atoms with E-state index in [-0.39, 0.29) is 0 Å². The first kappa shape index (κ1) is 16.7. The molecule has 2 heterocycles. The van der Waals surface area contributed by atoms with E-state index >= 15 is 0 Å². The number of methoxy groups -OCH3 is 1. The summed E-state index contributed by atoms with van der Waals surface area (Å²) in [5.41, 5.74) is 8.34. The van der Waals surface area contributed by atoms with Crippen molar-refractivity contribution in [2.75, 3.05) is 12.8 Å². The maximum atomic E-state index is 12.2. The zero-order chi connectivity index (χ0) is 16.9. The quantitative estimate of drug-likeness (QED) is 0.807. The number of ether oxygens (including phenoxy) is 1. The predicted octanol–water partition coefficient (Wildman–Crippen LogP) is 2.71. The summed E-state index contributed by atoms with van der Waals surface area (Å²) in [7, 11) is 1.38. The van der Waals surface area contributed by atoms with Crippen LogP contribution in [0.3, 0.4) is 0 Å². The standard InChI is InChI=1S/C17H25N5O2/c1-24-15(23)14-12-10-8-6-4-2-3-5-7-9-11-13(12)22-16(18)20-21-17(22)19-14/h2-11H2,1H3,(H2,18,20). The van der Waals surface area contributed by atoms with Gasteiger partial charge in [0, 0.05) is 11.3 Å². The Bertz CT molecular complexity index is 725. The van der Waals surface area contributed by atoms with Gasteiger partial charge in [0.1, 0.15) is 0 Å². The van der Waals surface area contributed by atoms with Gasteiger partial charge in [-0.15, -0.1) is 10.2 Å². The summed E-state index contributed by atoms with van der Waals surface area (Å²) in [5.74, 6) is 0.290. The number of nitrogens with zero attached hydrogens (tertiary/aromatic N) is 4. The molecule has 0 atom stereocenters. The van der Waals surface area contributed by atoms with Gasteiger partial charge in [-0.05, 0) is 25.7 Å². The van der Waals surface area contributed by atoms with Crippen molar-refractivity contribution in [2.45, 2.75) is 64.2 Å². The highest BCUT2D eigenvalue weighted by atomic mass is 16.5. The number of hydrogen-bond donors (Lipinski definition) is 1. The van der Waals surface area contributed by atoms with E-state index in [2.05, 4.69) is 15.2 Å². The van der Waals surface area contributed by atoms with Gasteiger partial charge in [0.15, 0.2) is 5.69 Å². The van der Waals surface area contributed by atoms with Crippen molar-refractivity contribution in [1.29, 1.82) is 0 Å². The molecule has 1 aliphatic carbocycles. The van der Waals surface area contributed by atoms with Crippen LogP contribution in [0.15, 0.2) is 0 Å². The van der Waals surface area contributed by atoms with Gasteiger partial charge in [0.05, 0.1) is 7.11 Å². The fourth-order valence-corrected chi connectivity index (χ4v) is 3.50. The summed E-state index contributed by atoms with van der Waals surface area (Å²) in [4.78, 5) is 16.6. The highest BCUT2D eigenvalue weighted by Gasteiger charge is 2.23. The SMILES string of the molecule is COC(=O)c1nc2nnc(N)n2c2c1CCCCCCCCCC2.